The second-order valence-electron chi connectivity index (χ2n) is 6.45. The molecule has 1 aliphatic rings. The lowest BCUT2D eigenvalue weighted by atomic mass is 9.78. The largest absolute Gasteiger partial charge is 0.478 e. The lowest BCUT2D eigenvalue weighted by Gasteiger charge is -2.42. The zero-order valence-electron chi connectivity index (χ0n) is 14.1. The van der Waals surface area contributed by atoms with Gasteiger partial charge in [-0.3, -0.25) is 0 Å². The molecule has 1 aliphatic heterocycles. The molecule has 3 aromatic rings. The molecule has 0 radical (unpaired) electrons. The summed E-state index contributed by atoms with van der Waals surface area (Å²) < 4.78 is 1.04. The number of carboxylic acids is 1. The zero-order valence-corrected chi connectivity index (χ0v) is 14.1. The Labute approximate surface area is 149 Å². The first-order valence-electron chi connectivity index (χ1n) is 8.26. The minimum Gasteiger partial charge on any atom is -0.478 e. The van der Waals surface area contributed by atoms with Gasteiger partial charge in [0, 0.05) is 0 Å². The number of aliphatic carboxylic acids is 1. The first-order valence-corrected chi connectivity index (χ1v) is 8.26. The Morgan fingerprint density at radius 2 is 1.81 bits per heavy atom. The van der Waals surface area contributed by atoms with Gasteiger partial charge in [0.25, 0.3) is 5.72 Å². The predicted molar refractivity (Wildman–Crippen MR) is 94.6 cm³/mol. The molecule has 4 rings (SSSR count). The van der Waals surface area contributed by atoms with Crippen molar-refractivity contribution in [3.63, 3.8) is 0 Å². The summed E-state index contributed by atoms with van der Waals surface area (Å²) in [5.41, 5.74) is 0.376. The summed E-state index contributed by atoms with van der Waals surface area (Å²) in [5, 5.41) is 28.4. The SMILES string of the molecule is Cc1ccc([C@@H]2Nc3ncnn3[C@@](O)(C(=O)O)[C@H]2c2ccccc2)cc1. The van der Waals surface area contributed by atoms with Crippen molar-refractivity contribution in [1.82, 2.24) is 14.8 Å². The number of aliphatic hydroxyl groups is 1. The summed E-state index contributed by atoms with van der Waals surface area (Å²) in [4.78, 5) is 16.3. The Kier molecular flexibility index (Phi) is 3.73. The van der Waals surface area contributed by atoms with E-state index in [1.807, 2.05) is 61.5 Å². The molecule has 2 aromatic carbocycles. The maximum Gasteiger partial charge on any atom is 0.360 e. The summed E-state index contributed by atoms with van der Waals surface area (Å²) in [6, 6.07) is 16.4. The van der Waals surface area contributed by atoms with Crippen molar-refractivity contribution in [2.24, 2.45) is 0 Å². The van der Waals surface area contributed by atoms with E-state index in [-0.39, 0.29) is 5.95 Å². The standard InChI is InChI=1S/C19H18N4O3/c1-12-7-9-14(10-8-12)16-15(13-5-3-2-4-6-13)19(26,17(24)25)23-18(22-16)20-11-21-23/h2-11,15-16,26H,1H3,(H,24,25)(H,20,21,22)/t15-,16-,19-/m0/s1. The Morgan fingerprint density at radius 1 is 1.12 bits per heavy atom. The Balaban J connectivity index is 1.95. The average Bonchev–Trinajstić information content (AvgIpc) is 3.12. The van der Waals surface area contributed by atoms with Crippen LogP contribution in [0.15, 0.2) is 60.9 Å². The molecule has 0 saturated carbocycles. The van der Waals surface area contributed by atoms with E-state index in [0.717, 1.165) is 15.8 Å². The van der Waals surface area contributed by atoms with Crippen LogP contribution in [0, 0.1) is 6.92 Å². The molecule has 0 amide bonds. The maximum absolute atomic E-state index is 12.2. The first-order chi connectivity index (χ1) is 12.5. The number of nitrogens with one attached hydrogen (secondary N) is 1. The number of hydrogen-bond donors (Lipinski definition) is 3. The van der Waals surface area contributed by atoms with E-state index in [1.165, 1.54) is 6.33 Å². The summed E-state index contributed by atoms with van der Waals surface area (Å²) in [5.74, 6) is -1.97. The van der Waals surface area contributed by atoms with Crippen LogP contribution >= 0.6 is 0 Å². The lowest BCUT2D eigenvalue weighted by Crippen LogP contribution is -2.54. The fourth-order valence-corrected chi connectivity index (χ4v) is 3.53. The molecule has 0 aliphatic carbocycles. The quantitative estimate of drug-likeness (QED) is 0.670. The van der Waals surface area contributed by atoms with E-state index >= 15 is 0 Å². The van der Waals surface area contributed by atoms with Gasteiger partial charge in [-0.05, 0) is 18.1 Å². The van der Waals surface area contributed by atoms with Crippen molar-refractivity contribution >= 4 is 11.9 Å². The topological polar surface area (TPSA) is 100 Å². The number of anilines is 1. The number of benzene rings is 2. The van der Waals surface area contributed by atoms with Crippen LogP contribution in [0.4, 0.5) is 5.95 Å². The molecule has 2 heterocycles. The van der Waals surface area contributed by atoms with Crippen molar-refractivity contribution in [2.45, 2.75) is 24.6 Å². The fourth-order valence-electron chi connectivity index (χ4n) is 3.53. The van der Waals surface area contributed by atoms with Crippen molar-refractivity contribution < 1.29 is 15.0 Å². The normalized spacial score (nSPS) is 24.5. The summed E-state index contributed by atoms with van der Waals surface area (Å²) >= 11 is 0. The van der Waals surface area contributed by atoms with Crippen LogP contribution in [0.3, 0.4) is 0 Å². The van der Waals surface area contributed by atoms with Crippen LogP contribution in [0.25, 0.3) is 0 Å². The van der Waals surface area contributed by atoms with Gasteiger partial charge in [-0.25, -0.2) is 4.79 Å². The maximum atomic E-state index is 12.2. The van der Waals surface area contributed by atoms with Gasteiger partial charge in [0.05, 0.1) is 12.0 Å². The van der Waals surface area contributed by atoms with Gasteiger partial charge in [0.2, 0.25) is 5.95 Å². The van der Waals surface area contributed by atoms with E-state index in [2.05, 4.69) is 15.4 Å². The average molecular weight is 350 g/mol. The Hall–Kier alpha value is -3.19. The van der Waals surface area contributed by atoms with Crippen molar-refractivity contribution in [3.05, 3.63) is 77.6 Å². The van der Waals surface area contributed by atoms with Gasteiger partial charge in [-0.2, -0.15) is 14.8 Å². The summed E-state index contributed by atoms with van der Waals surface area (Å²) in [6.45, 7) is 1.98. The number of rotatable bonds is 3. The first kappa shape index (κ1) is 16.3. The molecule has 0 saturated heterocycles. The van der Waals surface area contributed by atoms with Gasteiger partial charge < -0.3 is 15.5 Å². The molecule has 3 N–H and O–H groups in total. The predicted octanol–water partition coefficient (Wildman–Crippen LogP) is 2.27. The molecule has 7 heteroatoms. The molecule has 3 atom stereocenters. The highest BCUT2D eigenvalue weighted by atomic mass is 16.4. The van der Waals surface area contributed by atoms with Gasteiger partial charge in [0.15, 0.2) is 0 Å². The second kappa shape index (κ2) is 5.96. The molecular formula is C19H18N4O3. The van der Waals surface area contributed by atoms with Gasteiger partial charge in [-0.1, -0.05) is 60.2 Å². The van der Waals surface area contributed by atoms with Crippen molar-refractivity contribution in [1.29, 1.82) is 0 Å². The number of carbonyl (C=O) groups is 1. The molecule has 0 fully saturated rings. The van der Waals surface area contributed by atoms with E-state index in [0.29, 0.717) is 5.56 Å². The molecule has 0 spiro atoms. The van der Waals surface area contributed by atoms with Crippen LogP contribution in [0.5, 0.6) is 0 Å². The molecule has 0 bridgehead atoms. The number of hydrogen-bond acceptors (Lipinski definition) is 5. The van der Waals surface area contributed by atoms with Crippen molar-refractivity contribution in [3.8, 4) is 0 Å². The number of aryl methyl sites for hydroxylation is 1. The van der Waals surface area contributed by atoms with Crippen LogP contribution in [0.1, 0.15) is 28.7 Å². The van der Waals surface area contributed by atoms with Crippen molar-refractivity contribution in [2.75, 3.05) is 5.32 Å². The highest BCUT2D eigenvalue weighted by Gasteiger charge is 2.56. The van der Waals surface area contributed by atoms with Crippen LogP contribution in [-0.2, 0) is 10.5 Å². The van der Waals surface area contributed by atoms with E-state index < -0.39 is 23.7 Å². The molecule has 0 unspecified atom stereocenters. The summed E-state index contributed by atoms with van der Waals surface area (Å²) in [7, 11) is 0. The highest BCUT2D eigenvalue weighted by molar-refractivity contribution is 5.78. The third kappa shape index (κ3) is 2.36. The molecule has 7 nitrogen and oxygen atoms in total. The smallest absolute Gasteiger partial charge is 0.360 e. The minimum atomic E-state index is -2.27. The molecule has 26 heavy (non-hydrogen) atoms. The number of aromatic nitrogens is 3. The van der Waals surface area contributed by atoms with Crippen LogP contribution in [0.2, 0.25) is 0 Å². The molecule has 132 valence electrons. The lowest BCUT2D eigenvalue weighted by molar-refractivity contribution is -0.179. The van der Waals surface area contributed by atoms with Gasteiger partial charge in [-0.15, -0.1) is 0 Å². The van der Waals surface area contributed by atoms with Crippen LogP contribution in [-0.4, -0.2) is 30.9 Å². The van der Waals surface area contributed by atoms with Crippen LogP contribution < -0.4 is 5.32 Å². The Morgan fingerprint density at radius 3 is 2.46 bits per heavy atom. The van der Waals surface area contributed by atoms with Gasteiger partial charge >= 0.3 is 5.97 Å². The third-order valence-corrected chi connectivity index (χ3v) is 4.83. The minimum absolute atomic E-state index is 0.215. The Bertz CT molecular complexity index is 939. The number of fused-ring (bicyclic) bond motifs is 1. The highest BCUT2D eigenvalue weighted by Crippen LogP contribution is 2.47. The monoisotopic (exact) mass is 350 g/mol. The zero-order chi connectivity index (χ0) is 18.3. The third-order valence-electron chi connectivity index (χ3n) is 4.83. The van der Waals surface area contributed by atoms with E-state index in [1.54, 1.807) is 0 Å². The molecule has 1 aromatic heterocycles. The van der Waals surface area contributed by atoms with E-state index in [4.69, 9.17) is 0 Å². The number of carboxylic acid groups (broad SMARTS) is 1. The fraction of sp³-hybridized carbons (Fsp3) is 0.211. The van der Waals surface area contributed by atoms with Gasteiger partial charge in [0.1, 0.15) is 6.33 Å². The second-order valence-corrected chi connectivity index (χ2v) is 6.45. The number of nitrogens with zero attached hydrogens (tertiary/aromatic N) is 3. The van der Waals surface area contributed by atoms with E-state index in [9.17, 15) is 15.0 Å². The summed E-state index contributed by atoms with van der Waals surface area (Å²) in [6.07, 6.45) is 1.23. The molecular weight excluding hydrogens is 332 g/mol.